The van der Waals surface area contributed by atoms with Crippen LogP contribution in [0.25, 0.3) is 0 Å². The summed E-state index contributed by atoms with van der Waals surface area (Å²) < 4.78 is 0. The predicted octanol–water partition coefficient (Wildman–Crippen LogP) is 2.11. The first-order chi connectivity index (χ1) is 11.2. The highest BCUT2D eigenvalue weighted by Crippen LogP contribution is 2.18. The third-order valence-corrected chi connectivity index (χ3v) is 4.07. The number of aromatic nitrogens is 2. The van der Waals surface area contributed by atoms with Gasteiger partial charge in [0.15, 0.2) is 0 Å². The highest BCUT2D eigenvalue weighted by Gasteiger charge is 2.22. The molecule has 2 aromatic rings. The maximum atomic E-state index is 10.8. The Morgan fingerprint density at radius 1 is 1.26 bits per heavy atom. The molecule has 2 heterocycles. The van der Waals surface area contributed by atoms with Gasteiger partial charge < -0.3 is 10.4 Å². The highest BCUT2D eigenvalue weighted by atomic mass is 16.4. The number of carboxylic acid groups (broad SMARTS) is 1. The molecule has 1 unspecified atom stereocenters. The Morgan fingerprint density at radius 2 is 2.00 bits per heavy atom. The molecule has 0 saturated carbocycles. The number of aromatic carboxylic acids is 1. The van der Waals surface area contributed by atoms with Gasteiger partial charge >= 0.3 is 5.97 Å². The van der Waals surface area contributed by atoms with Crippen LogP contribution >= 0.6 is 0 Å². The zero-order valence-corrected chi connectivity index (χ0v) is 12.9. The molecule has 1 fully saturated rings. The van der Waals surface area contributed by atoms with Crippen LogP contribution in [0, 0.1) is 5.92 Å². The maximum absolute atomic E-state index is 10.8. The monoisotopic (exact) mass is 312 g/mol. The minimum absolute atomic E-state index is 0.102. The van der Waals surface area contributed by atoms with Gasteiger partial charge in [-0.15, -0.1) is 0 Å². The molecule has 1 atom stereocenters. The van der Waals surface area contributed by atoms with Crippen molar-refractivity contribution in [3.8, 4) is 0 Å². The minimum Gasteiger partial charge on any atom is -0.478 e. The van der Waals surface area contributed by atoms with E-state index in [-0.39, 0.29) is 5.56 Å². The van der Waals surface area contributed by atoms with Crippen LogP contribution in [0.3, 0.4) is 0 Å². The zero-order chi connectivity index (χ0) is 16.1. The molecule has 1 aromatic carbocycles. The molecule has 0 bridgehead atoms. The summed E-state index contributed by atoms with van der Waals surface area (Å²) in [7, 11) is 0. The average Bonchev–Trinajstić information content (AvgIpc) is 3.02. The number of hydrogen-bond donors (Lipinski definition) is 2. The molecule has 0 spiro atoms. The number of nitrogens with zero attached hydrogens (tertiary/aromatic N) is 3. The van der Waals surface area contributed by atoms with Gasteiger partial charge in [0.1, 0.15) is 0 Å². The van der Waals surface area contributed by atoms with Gasteiger partial charge in [-0.2, -0.15) is 0 Å². The average molecular weight is 312 g/mol. The number of hydrogen-bond acceptors (Lipinski definition) is 5. The largest absolute Gasteiger partial charge is 0.478 e. The predicted molar refractivity (Wildman–Crippen MR) is 87.3 cm³/mol. The van der Waals surface area contributed by atoms with Crippen LogP contribution in [0.15, 0.2) is 42.7 Å². The van der Waals surface area contributed by atoms with Crippen molar-refractivity contribution < 1.29 is 9.90 Å². The smallest absolute Gasteiger partial charge is 0.338 e. The van der Waals surface area contributed by atoms with Crippen LogP contribution in [0.4, 0.5) is 5.95 Å². The number of benzene rings is 1. The molecule has 1 aromatic heterocycles. The summed E-state index contributed by atoms with van der Waals surface area (Å²) in [5.41, 5.74) is 1.44. The summed E-state index contributed by atoms with van der Waals surface area (Å²) in [4.78, 5) is 21.3. The van der Waals surface area contributed by atoms with E-state index in [0.29, 0.717) is 11.9 Å². The third-order valence-electron chi connectivity index (χ3n) is 4.07. The van der Waals surface area contributed by atoms with Crippen molar-refractivity contribution in [3.63, 3.8) is 0 Å². The van der Waals surface area contributed by atoms with Crippen LogP contribution in [0.5, 0.6) is 0 Å². The van der Waals surface area contributed by atoms with Crippen molar-refractivity contribution in [3.05, 3.63) is 53.9 Å². The van der Waals surface area contributed by atoms with Gasteiger partial charge in [-0.3, -0.25) is 4.90 Å². The Bertz CT molecular complexity index is 645. The van der Waals surface area contributed by atoms with Crippen molar-refractivity contribution in [2.75, 3.05) is 25.0 Å². The summed E-state index contributed by atoms with van der Waals surface area (Å²) >= 11 is 0. The summed E-state index contributed by atoms with van der Waals surface area (Å²) in [5, 5.41) is 12.0. The lowest BCUT2D eigenvalue weighted by molar-refractivity contribution is 0.0696. The van der Waals surface area contributed by atoms with Crippen molar-refractivity contribution in [1.29, 1.82) is 0 Å². The molecule has 0 radical (unpaired) electrons. The first-order valence-corrected chi connectivity index (χ1v) is 7.76. The van der Waals surface area contributed by atoms with E-state index in [1.807, 2.05) is 6.07 Å². The molecule has 3 rings (SSSR count). The van der Waals surface area contributed by atoms with E-state index in [1.54, 1.807) is 0 Å². The number of anilines is 1. The Balaban J connectivity index is 1.45. The third kappa shape index (κ3) is 4.26. The van der Waals surface area contributed by atoms with Gasteiger partial charge in [0.25, 0.3) is 0 Å². The first kappa shape index (κ1) is 15.4. The van der Waals surface area contributed by atoms with Crippen molar-refractivity contribution in [2.45, 2.75) is 13.0 Å². The molecule has 23 heavy (non-hydrogen) atoms. The minimum atomic E-state index is -1.01. The van der Waals surface area contributed by atoms with Crippen molar-refractivity contribution >= 4 is 11.9 Å². The van der Waals surface area contributed by atoms with Crippen molar-refractivity contribution in [1.82, 2.24) is 14.9 Å². The standard InChI is InChI=1S/C17H20N4O2/c22-16(23)15-9-19-17(20-10-15)18-8-14-6-7-21(12-14)11-13-4-2-1-3-5-13/h1-5,9-10,14H,6-8,11-12H2,(H,22,23)(H,18,19,20). The molecule has 0 aliphatic carbocycles. The van der Waals surface area contributed by atoms with E-state index < -0.39 is 5.97 Å². The van der Waals surface area contributed by atoms with Crippen LogP contribution in [0.2, 0.25) is 0 Å². The van der Waals surface area contributed by atoms with Crippen LogP contribution in [-0.4, -0.2) is 45.6 Å². The van der Waals surface area contributed by atoms with E-state index in [0.717, 1.165) is 32.6 Å². The molecule has 6 heteroatoms. The quantitative estimate of drug-likeness (QED) is 0.850. The molecule has 120 valence electrons. The van der Waals surface area contributed by atoms with Gasteiger partial charge in [-0.1, -0.05) is 30.3 Å². The Kier molecular flexibility index (Phi) is 4.83. The highest BCUT2D eigenvalue weighted by molar-refractivity contribution is 5.86. The second kappa shape index (κ2) is 7.19. The van der Waals surface area contributed by atoms with Gasteiger partial charge in [-0.05, 0) is 24.4 Å². The SMILES string of the molecule is O=C(O)c1cnc(NCC2CCN(Cc3ccccc3)C2)nc1. The molecule has 1 aliphatic heterocycles. The number of likely N-dealkylation sites (tertiary alicyclic amines) is 1. The second-order valence-corrected chi connectivity index (χ2v) is 5.86. The fourth-order valence-corrected chi connectivity index (χ4v) is 2.83. The van der Waals surface area contributed by atoms with E-state index >= 15 is 0 Å². The van der Waals surface area contributed by atoms with Crippen LogP contribution in [0.1, 0.15) is 22.3 Å². The Morgan fingerprint density at radius 3 is 2.70 bits per heavy atom. The molecular formula is C17H20N4O2. The lowest BCUT2D eigenvalue weighted by Gasteiger charge is -2.16. The zero-order valence-electron chi connectivity index (χ0n) is 12.9. The van der Waals surface area contributed by atoms with Crippen LogP contribution < -0.4 is 5.32 Å². The lowest BCUT2D eigenvalue weighted by atomic mass is 10.1. The lowest BCUT2D eigenvalue weighted by Crippen LogP contribution is -2.23. The summed E-state index contributed by atoms with van der Waals surface area (Å²) in [6, 6.07) is 10.5. The van der Waals surface area contributed by atoms with Gasteiger partial charge in [0.05, 0.1) is 5.56 Å². The van der Waals surface area contributed by atoms with Crippen LogP contribution in [-0.2, 0) is 6.54 Å². The second-order valence-electron chi connectivity index (χ2n) is 5.86. The number of nitrogens with one attached hydrogen (secondary N) is 1. The Hall–Kier alpha value is -2.47. The van der Waals surface area contributed by atoms with E-state index in [9.17, 15) is 4.79 Å². The van der Waals surface area contributed by atoms with Gasteiger partial charge in [-0.25, -0.2) is 14.8 Å². The molecule has 2 N–H and O–H groups in total. The van der Waals surface area contributed by atoms with E-state index in [4.69, 9.17) is 5.11 Å². The first-order valence-electron chi connectivity index (χ1n) is 7.76. The number of rotatable bonds is 6. The fraction of sp³-hybridized carbons (Fsp3) is 0.353. The molecule has 1 saturated heterocycles. The summed E-state index contributed by atoms with van der Waals surface area (Å²) in [5.74, 6) is 0.0295. The molecule has 0 amide bonds. The Labute approximate surface area is 135 Å². The molecule has 6 nitrogen and oxygen atoms in total. The van der Waals surface area contributed by atoms with E-state index in [1.165, 1.54) is 18.0 Å². The van der Waals surface area contributed by atoms with Gasteiger partial charge in [0.2, 0.25) is 5.95 Å². The fourth-order valence-electron chi connectivity index (χ4n) is 2.83. The van der Waals surface area contributed by atoms with E-state index in [2.05, 4.69) is 44.5 Å². The molecule has 1 aliphatic rings. The van der Waals surface area contributed by atoms with Gasteiger partial charge in [0, 0.05) is 32.0 Å². The summed E-state index contributed by atoms with van der Waals surface area (Å²) in [6.07, 6.45) is 3.80. The normalized spacial score (nSPS) is 18.0. The maximum Gasteiger partial charge on any atom is 0.338 e. The molecular weight excluding hydrogens is 292 g/mol. The van der Waals surface area contributed by atoms with Crippen molar-refractivity contribution in [2.24, 2.45) is 5.92 Å². The topological polar surface area (TPSA) is 78.3 Å². The number of carbonyl (C=O) groups is 1. The number of carboxylic acids is 1. The summed E-state index contributed by atoms with van der Waals surface area (Å²) in [6.45, 7) is 3.94.